The van der Waals surface area contributed by atoms with E-state index < -0.39 is 98.7 Å². The number of rotatable bonds is 7. The summed E-state index contributed by atoms with van der Waals surface area (Å²) in [5.41, 5.74) is -1.38. The summed E-state index contributed by atoms with van der Waals surface area (Å²) < 4.78 is 44.0. The van der Waals surface area contributed by atoms with Crippen LogP contribution >= 0.6 is 0 Å². The van der Waals surface area contributed by atoms with E-state index >= 15 is 0 Å². The summed E-state index contributed by atoms with van der Waals surface area (Å²) >= 11 is 0. The van der Waals surface area contributed by atoms with Gasteiger partial charge in [-0.2, -0.15) is 13.2 Å². The van der Waals surface area contributed by atoms with Gasteiger partial charge in [0.25, 0.3) is 5.91 Å². The zero-order valence-corrected chi connectivity index (χ0v) is 24.6. The number of halogens is 3. The molecule has 0 saturated heterocycles. The van der Waals surface area contributed by atoms with Crippen molar-refractivity contribution in [2.45, 2.75) is 75.7 Å². The van der Waals surface area contributed by atoms with E-state index in [1.54, 1.807) is 0 Å². The molecular formula is C31H38F3N3O7. The average Bonchev–Trinajstić information content (AvgIpc) is 2.92. The first kappa shape index (κ1) is 32.0. The van der Waals surface area contributed by atoms with Crippen molar-refractivity contribution in [3.05, 3.63) is 51.0 Å². The summed E-state index contributed by atoms with van der Waals surface area (Å²) in [6.45, 7) is 0.302. The van der Waals surface area contributed by atoms with Crippen LogP contribution in [-0.2, 0) is 28.7 Å². The van der Waals surface area contributed by atoms with E-state index in [9.17, 15) is 48.0 Å². The van der Waals surface area contributed by atoms with Crippen molar-refractivity contribution in [2.75, 3.05) is 20.6 Å². The quantitative estimate of drug-likeness (QED) is 0.197. The van der Waals surface area contributed by atoms with Crippen LogP contribution in [0.3, 0.4) is 0 Å². The number of phenolic OH excluding ortho intramolecular Hbond substituents is 1. The first-order chi connectivity index (χ1) is 20.6. The van der Waals surface area contributed by atoms with Gasteiger partial charge in [0.2, 0.25) is 5.78 Å². The molecule has 0 heterocycles. The van der Waals surface area contributed by atoms with E-state index in [-0.39, 0.29) is 18.5 Å². The predicted molar refractivity (Wildman–Crippen MR) is 152 cm³/mol. The Morgan fingerprint density at radius 1 is 1.14 bits per heavy atom. The number of allylic oxidation sites excluding steroid dienone is 1. The van der Waals surface area contributed by atoms with Crippen molar-refractivity contribution in [3.63, 3.8) is 0 Å². The standard InChI is InChI=1S/C31H38F3N3O7/c1-37(2)24-18-11-15-10-17-21(25(39)20(15)27(41)30(18,44)28(42)22(26(24)40)29(35)43)19(38)12-16(23(17)31(32,33)34)13-36-9-8-14-6-4-3-5-7-14/h12,14-15,18,24,36,38,40-41,44H,3-11,13H2,1-2H3,(H2,35,43)/t15-,18-,24-,30-/m0/s1. The molecule has 0 radical (unpaired) electrons. The number of benzene rings is 1. The molecule has 0 spiro atoms. The minimum atomic E-state index is -4.89. The lowest BCUT2D eigenvalue weighted by Gasteiger charge is -2.50. The van der Waals surface area contributed by atoms with E-state index in [0.29, 0.717) is 12.5 Å². The molecular weight excluding hydrogens is 583 g/mol. The molecule has 4 atom stereocenters. The molecule has 1 fully saturated rings. The third-order valence-electron chi connectivity index (χ3n) is 9.86. The molecule has 0 bridgehead atoms. The number of hydrogen-bond donors (Lipinski definition) is 6. The number of carbonyl (C=O) groups is 3. The fourth-order valence-electron chi connectivity index (χ4n) is 7.89. The van der Waals surface area contributed by atoms with Crippen molar-refractivity contribution in [1.82, 2.24) is 10.2 Å². The fourth-order valence-corrected chi connectivity index (χ4v) is 7.89. The lowest BCUT2D eigenvalue weighted by Crippen LogP contribution is -2.63. The minimum Gasteiger partial charge on any atom is -0.510 e. The van der Waals surface area contributed by atoms with Gasteiger partial charge in [0, 0.05) is 18.0 Å². The second kappa shape index (κ2) is 11.5. The zero-order valence-electron chi connectivity index (χ0n) is 24.6. The van der Waals surface area contributed by atoms with E-state index in [0.717, 1.165) is 38.2 Å². The van der Waals surface area contributed by atoms with Crippen LogP contribution in [0.15, 0.2) is 28.7 Å². The molecule has 13 heteroatoms. The highest BCUT2D eigenvalue weighted by molar-refractivity contribution is 6.24. The number of phenols is 1. The summed E-state index contributed by atoms with van der Waals surface area (Å²) in [6, 6.07) is -0.346. The number of primary amides is 1. The molecule has 0 aliphatic heterocycles. The van der Waals surface area contributed by atoms with E-state index in [4.69, 9.17) is 5.73 Å². The van der Waals surface area contributed by atoms with Crippen LogP contribution in [0.25, 0.3) is 0 Å². The average molecular weight is 622 g/mol. The Morgan fingerprint density at radius 2 is 1.80 bits per heavy atom. The van der Waals surface area contributed by atoms with Crippen molar-refractivity contribution >= 4 is 17.5 Å². The topological polar surface area (TPSA) is 173 Å². The number of aliphatic hydroxyl groups is 3. The number of likely N-dealkylation sites (N-methyl/N-ethyl adjacent to an activating group) is 1. The molecule has 4 aliphatic rings. The smallest absolute Gasteiger partial charge is 0.417 e. The second-order valence-corrected chi connectivity index (χ2v) is 12.7. The van der Waals surface area contributed by atoms with Gasteiger partial charge in [0.05, 0.1) is 17.2 Å². The number of fused-ring (bicyclic) bond motifs is 3. The van der Waals surface area contributed by atoms with Gasteiger partial charge in [-0.05, 0) is 68.9 Å². The highest BCUT2D eigenvalue weighted by Crippen LogP contribution is 2.53. The maximum Gasteiger partial charge on any atom is 0.417 e. The summed E-state index contributed by atoms with van der Waals surface area (Å²) in [7, 11) is 2.95. The molecule has 0 unspecified atom stereocenters. The van der Waals surface area contributed by atoms with Crippen LogP contribution in [0.5, 0.6) is 5.75 Å². The Labute approximate surface area is 252 Å². The van der Waals surface area contributed by atoms with Gasteiger partial charge >= 0.3 is 6.18 Å². The third-order valence-corrected chi connectivity index (χ3v) is 9.86. The molecule has 1 amide bonds. The molecule has 5 rings (SSSR count). The van der Waals surface area contributed by atoms with Crippen molar-refractivity contribution in [2.24, 2.45) is 23.5 Å². The van der Waals surface area contributed by atoms with Crippen LogP contribution in [0, 0.1) is 17.8 Å². The molecule has 240 valence electrons. The van der Waals surface area contributed by atoms with Crippen LogP contribution in [0.1, 0.15) is 72.0 Å². The Morgan fingerprint density at radius 3 is 2.39 bits per heavy atom. The number of aliphatic hydroxyl groups excluding tert-OH is 2. The highest BCUT2D eigenvalue weighted by Gasteiger charge is 2.63. The molecule has 1 aromatic carbocycles. The Balaban J connectivity index is 1.56. The van der Waals surface area contributed by atoms with Crippen LogP contribution < -0.4 is 11.1 Å². The number of alkyl halides is 3. The Kier molecular flexibility index (Phi) is 8.36. The molecule has 7 N–H and O–H groups in total. The Hall–Kier alpha value is -3.42. The van der Waals surface area contributed by atoms with E-state index in [2.05, 4.69) is 5.32 Å². The maximum atomic E-state index is 14.7. The highest BCUT2D eigenvalue weighted by atomic mass is 19.4. The van der Waals surface area contributed by atoms with Crippen LogP contribution in [-0.4, -0.2) is 75.1 Å². The molecule has 0 aromatic heterocycles. The number of Topliss-reactive ketones (excluding diaryl/α,β-unsaturated/α-hetero) is 2. The summed E-state index contributed by atoms with van der Waals surface area (Å²) in [4.78, 5) is 40.6. The number of amides is 1. The lowest BCUT2D eigenvalue weighted by molar-refractivity contribution is -0.148. The Bertz CT molecular complexity index is 1460. The van der Waals surface area contributed by atoms with Gasteiger partial charge in [0.15, 0.2) is 11.4 Å². The first-order valence-corrected chi connectivity index (χ1v) is 14.9. The van der Waals surface area contributed by atoms with E-state index in [1.807, 2.05) is 0 Å². The van der Waals surface area contributed by atoms with Crippen LogP contribution in [0.2, 0.25) is 0 Å². The van der Waals surface area contributed by atoms with E-state index in [1.165, 1.54) is 25.4 Å². The molecule has 1 aromatic rings. The molecule has 4 aliphatic carbocycles. The van der Waals surface area contributed by atoms with Crippen molar-refractivity contribution in [3.8, 4) is 5.75 Å². The van der Waals surface area contributed by atoms with Gasteiger partial charge in [-0.15, -0.1) is 0 Å². The number of hydrogen-bond acceptors (Lipinski definition) is 9. The first-order valence-electron chi connectivity index (χ1n) is 14.9. The zero-order chi connectivity index (χ0) is 32.3. The largest absolute Gasteiger partial charge is 0.510 e. The van der Waals surface area contributed by atoms with Gasteiger partial charge in [0.1, 0.15) is 22.8 Å². The summed E-state index contributed by atoms with van der Waals surface area (Å²) in [5.74, 6) is -8.45. The molecule has 44 heavy (non-hydrogen) atoms. The third kappa shape index (κ3) is 5.08. The molecule has 10 nitrogen and oxygen atoms in total. The van der Waals surface area contributed by atoms with Gasteiger partial charge in [-0.1, -0.05) is 32.1 Å². The number of carbonyl (C=O) groups excluding carboxylic acids is 3. The number of nitrogens with one attached hydrogen (secondary N) is 1. The number of aromatic hydroxyl groups is 1. The van der Waals surface area contributed by atoms with Crippen LogP contribution in [0.4, 0.5) is 13.2 Å². The molecule has 1 saturated carbocycles. The number of nitrogens with zero attached hydrogens (tertiary/aromatic N) is 1. The maximum absolute atomic E-state index is 14.7. The summed E-state index contributed by atoms with van der Waals surface area (Å²) in [6.07, 6.45) is 0.868. The van der Waals surface area contributed by atoms with Gasteiger partial charge < -0.3 is 31.5 Å². The lowest BCUT2D eigenvalue weighted by atomic mass is 9.58. The minimum absolute atomic E-state index is 0.191. The normalized spacial score (nSPS) is 27.8. The van der Waals surface area contributed by atoms with Crippen molar-refractivity contribution < 1.29 is 48.0 Å². The van der Waals surface area contributed by atoms with Gasteiger partial charge in [-0.3, -0.25) is 19.3 Å². The SMILES string of the molecule is CN(C)[C@@H]1C(O)=C(C(N)=O)C(=O)[C@@]2(O)C(O)=C3C(=O)c4c(O)cc(CNCCC5CCCCC5)c(C(F)(F)F)c4C[C@H]3C[C@@H]12. The monoisotopic (exact) mass is 621 g/mol. The number of ketones is 2. The number of nitrogens with two attached hydrogens (primary N) is 1. The van der Waals surface area contributed by atoms with Gasteiger partial charge in [-0.25, -0.2) is 0 Å². The van der Waals surface area contributed by atoms with Crippen molar-refractivity contribution in [1.29, 1.82) is 0 Å². The second-order valence-electron chi connectivity index (χ2n) is 12.7. The summed E-state index contributed by atoms with van der Waals surface area (Å²) in [5, 5.41) is 47.8. The fraction of sp³-hybridized carbons (Fsp3) is 0.581. The predicted octanol–water partition coefficient (Wildman–Crippen LogP) is 3.20.